The van der Waals surface area contributed by atoms with E-state index in [0.717, 1.165) is 24.0 Å². The van der Waals surface area contributed by atoms with E-state index < -0.39 is 41.4 Å². The molecule has 2 aliphatic rings. The summed E-state index contributed by atoms with van der Waals surface area (Å²) in [5, 5.41) is 0. The highest BCUT2D eigenvalue weighted by molar-refractivity contribution is 5.72. The summed E-state index contributed by atoms with van der Waals surface area (Å²) in [5.41, 5.74) is 0.697. The van der Waals surface area contributed by atoms with Crippen LogP contribution in [0.1, 0.15) is 42.0 Å². The Morgan fingerprint density at radius 3 is 1.90 bits per heavy atom. The van der Waals surface area contributed by atoms with Gasteiger partial charge in [-0.2, -0.15) is 8.78 Å². The van der Waals surface area contributed by atoms with Crippen LogP contribution < -0.4 is 0 Å². The first kappa shape index (κ1) is 30.2. The average molecular weight is 599 g/mol. The van der Waals surface area contributed by atoms with Crippen molar-refractivity contribution in [1.82, 2.24) is 0 Å². The summed E-state index contributed by atoms with van der Waals surface area (Å²) in [5.74, 6) is -6.00. The van der Waals surface area contributed by atoms with Gasteiger partial charge in [0.25, 0.3) is 0 Å². The Morgan fingerprint density at radius 2 is 1.36 bits per heavy atom. The molecular formula is C30H25F7O5. The Bertz CT molecular complexity index is 1400. The third-order valence-corrected chi connectivity index (χ3v) is 6.70. The van der Waals surface area contributed by atoms with Crippen LogP contribution in [-0.4, -0.2) is 32.0 Å². The van der Waals surface area contributed by atoms with Crippen molar-refractivity contribution < 1.29 is 54.4 Å². The molecule has 2 fully saturated rings. The molecule has 2 bridgehead atoms. The van der Waals surface area contributed by atoms with Crippen LogP contribution in [0, 0.1) is 11.6 Å². The lowest BCUT2D eigenvalue weighted by Crippen LogP contribution is -2.38. The molecule has 0 saturated carbocycles. The van der Waals surface area contributed by atoms with Crippen LogP contribution in [0.5, 0.6) is 0 Å². The SMILES string of the molecule is CCCCOC12COC(c3ccc(-c4ccc(/C=C/c5cc(F)c(C(F)(F)OC(F)(F)F)c(F)c5)cc4)cc3)(OC1)O2. The van der Waals surface area contributed by atoms with Crippen molar-refractivity contribution in [3.8, 4) is 11.1 Å². The van der Waals surface area contributed by atoms with Gasteiger partial charge < -0.3 is 14.2 Å². The summed E-state index contributed by atoms with van der Waals surface area (Å²) in [6.07, 6.45) is -6.45. The van der Waals surface area contributed by atoms with Gasteiger partial charge in [-0.05, 0) is 40.8 Å². The molecule has 224 valence electrons. The van der Waals surface area contributed by atoms with Crippen molar-refractivity contribution in [2.75, 3.05) is 19.8 Å². The molecule has 0 radical (unpaired) electrons. The van der Waals surface area contributed by atoms with E-state index in [1.807, 2.05) is 24.3 Å². The van der Waals surface area contributed by atoms with E-state index in [-0.39, 0.29) is 18.8 Å². The predicted octanol–water partition coefficient (Wildman–Crippen LogP) is 8.09. The molecule has 0 spiro atoms. The molecule has 42 heavy (non-hydrogen) atoms. The minimum atomic E-state index is -5.80. The maximum absolute atomic E-state index is 14.2. The Labute approximate surface area is 236 Å². The molecular weight excluding hydrogens is 573 g/mol. The topological polar surface area (TPSA) is 46.2 Å². The number of rotatable bonds is 10. The van der Waals surface area contributed by atoms with Gasteiger partial charge in [-0.1, -0.05) is 74.0 Å². The summed E-state index contributed by atoms with van der Waals surface area (Å²) in [7, 11) is 0. The Balaban J connectivity index is 1.25. The molecule has 0 aliphatic carbocycles. The fraction of sp³-hybridized carbons (Fsp3) is 0.333. The quantitative estimate of drug-likeness (QED) is 0.134. The molecule has 0 atom stereocenters. The maximum Gasteiger partial charge on any atom is 0.527 e. The molecule has 12 heteroatoms. The number of alkyl halides is 5. The number of halogens is 7. The van der Waals surface area contributed by atoms with Gasteiger partial charge in [-0.25, -0.2) is 13.5 Å². The smallest absolute Gasteiger partial charge is 0.346 e. The summed E-state index contributed by atoms with van der Waals surface area (Å²) < 4.78 is 119. The van der Waals surface area contributed by atoms with E-state index in [4.69, 9.17) is 18.9 Å². The van der Waals surface area contributed by atoms with E-state index in [2.05, 4.69) is 11.7 Å². The number of hydrogen-bond acceptors (Lipinski definition) is 5. The highest BCUT2D eigenvalue weighted by Crippen LogP contribution is 2.47. The van der Waals surface area contributed by atoms with Gasteiger partial charge in [0.05, 0.1) is 6.61 Å². The van der Waals surface area contributed by atoms with Crippen molar-refractivity contribution >= 4 is 12.2 Å². The number of fused-ring (bicyclic) bond motifs is 2. The molecule has 0 amide bonds. The van der Waals surface area contributed by atoms with Gasteiger partial charge in [0.15, 0.2) is 0 Å². The third kappa shape index (κ3) is 6.37. The molecule has 5 nitrogen and oxygen atoms in total. The Morgan fingerprint density at radius 1 is 0.810 bits per heavy atom. The lowest BCUT2D eigenvalue weighted by atomic mass is 10.0. The monoisotopic (exact) mass is 598 g/mol. The van der Waals surface area contributed by atoms with Crippen molar-refractivity contribution in [3.05, 3.63) is 94.6 Å². The zero-order valence-electron chi connectivity index (χ0n) is 22.2. The van der Waals surface area contributed by atoms with Crippen molar-refractivity contribution in [2.24, 2.45) is 0 Å². The van der Waals surface area contributed by atoms with Crippen LogP contribution in [0.15, 0.2) is 60.7 Å². The van der Waals surface area contributed by atoms with Gasteiger partial charge in [-0.15, -0.1) is 13.2 Å². The summed E-state index contributed by atoms with van der Waals surface area (Å²) in [6, 6.07) is 15.4. The molecule has 2 saturated heterocycles. The molecule has 0 unspecified atom stereocenters. The molecule has 0 N–H and O–H groups in total. The average Bonchev–Trinajstić information content (AvgIpc) is 3.48. The fourth-order valence-electron chi connectivity index (χ4n) is 4.61. The van der Waals surface area contributed by atoms with Crippen LogP contribution in [0.25, 0.3) is 23.3 Å². The molecule has 2 aliphatic heterocycles. The van der Waals surface area contributed by atoms with E-state index in [0.29, 0.717) is 29.9 Å². The normalized spacial score (nSPS) is 22.4. The van der Waals surface area contributed by atoms with Crippen LogP contribution >= 0.6 is 0 Å². The fourth-order valence-corrected chi connectivity index (χ4v) is 4.61. The summed E-state index contributed by atoms with van der Waals surface area (Å²) >= 11 is 0. The van der Waals surface area contributed by atoms with E-state index in [9.17, 15) is 30.7 Å². The van der Waals surface area contributed by atoms with Crippen LogP contribution in [0.4, 0.5) is 30.7 Å². The van der Waals surface area contributed by atoms with Crippen molar-refractivity contribution in [3.63, 3.8) is 0 Å². The van der Waals surface area contributed by atoms with Crippen LogP contribution in [-0.2, 0) is 35.8 Å². The highest BCUT2D eigenvalue weighted by Gasteiger charge is 2.61. The Hall–Kier alpha value is -3.29. The number of hydrogen-bond donors (Lipinski definition) is 0. The second-order valence-electron chi connectivity index (χ2n) is 9.81. The standard InChI is InChI=1S/C30H25F7O5/c1-2-3-14-38-27-17-39-29(41-27,40-18-27)23-12-10-22(11-13-23)21-8-6-19(7-9-21)4-5-20-15-24(31)26(25(32)16-20)28(33,34)42-30(35,36)37/h4-13,15-16H,2-3,14,17-18H2,1H3/b5-4+. The van der Waals surface area contributed by atoms with Gasteiger partial charge in [-0.3, -0.25) is 4.74 Å². The largest absolute Gasteiger partial charge is 0.527 e. The minimum absolute atomic E-state index is 0.180. The Kier molecular flexibility index (Phi) is 8.20. The van der Waals surface area contributed by atoms with Crippen molar-refractivity contribution in [2.45, 2.75) is 44.0 Å². The minimum Gasteiger partial charge on any atom is -0.346 e. The zero-order chi connectivity index (χ0) is 30.2. The number of ether oxygens (including phenoxy) is 5. The molecule has 0 aromatic heterocycles. The number of benzene rings is 3. The van der Waals surface area contributed by atoms with E-state index >= 15 is 0 Å². The lowest BCUT2D eigenvalue weighted by Gasteiger charge is -2.24. The highest BCUT2D eigenvalue weighted by atomic mass is 19.4. The first-order chi connectivity index (χ1) is 19.8. The van der Waals surface area contributed by atoms with Gasteiger partial charge in [0, 0.05) is 5.56 Å². The molecule has 3 aromatic rings. The van der Waals surface area contributed by atoms with E-state index in [1.165, 1.54) is 12.2 Å². The van der Waals surface area contributed by atoms with Crippen molar-refractivity contribution in [1.29, 1.82) is 0 Å². The van der Waals surface area contributed by atoms with Crippen LogP contribution in [0.2, 0.25) is 0 Å². The molecule has 3 aromatic carbocycles. The lowest BCUT2D eigenvalue weighted by molar-refractivity contribution is -0.432. The second kappa shape index (κ2) is 11.4. The van der Waals surface area contributed by atoms with Gasteiger partial charge >= 0.3 is 18.4 Å². The number of unbranched alkanes of at least 4 members (excludes halogenated alkanes) is 1. The summed E-state index contributed by atoms with van der Waals surface area (Å²) in [4.78, 5) is 0. The summed E-state index contributed by atoms with van der Waals surface area (Å²) in [6.45, 7) is 3.13. The van der Waals surface area contributed by atoms with E-state index in [1.54, 1.807) is 24.3 Å². The molecule has 5 rings (SSSR count). The van der Waals surface area contributed by atoms with Crippen LogP contribution in [0.3, 0.4) is 0 Å². The maximum atomic E-state index is 14.2. The van der Waals surface area contributed by atoms with Gasteiger partial charge in [0.2, 0.25) is 5.79 Å². The zero-order valence-corrected chi connectivity index (χ0v) is 22.2. The second-order valence-corrected chi connectivity index (χ2v) is 9.81. The van der Waals surface area contributed by atoms with Gasteiger partial charge in [0.1, 0.15) is 30.4 Å². The predicted molar refractivity (Wildman–Crippen MR) is 136 cm³/mol. The first-order valence-corrected chi connectivity index (χ1v) is 13.0. The molecule has 2 heterocycles. The third-order valence-electron chi connectivity index (χ3n) is 6.70. The first-order valence-electron chi connectivity index (χ1n) is 13.0.